The Kier molecular flexibility index (Phi) is 6.80. The van der Waals surface area contributed by atoms with Crippen LogP contribution in [-0.4, -0.2) is 28.6 Å². The molecule has 2 heterocycles. The highest BCUT2D eigenvalue weighted by atomic mass is 35.5. The van der Waals surface area contributed by atoms with E-state index in [1.807, 2.05) is 0 Å². The average Bonchev–Trinajstić information content (AvgIpc) is 3.39. The van der Waals surface area contributed by atoms with E-state index in [1.165, 1.54) is 29.5 Å². The van der Waals surface area contributed by atoms with Crippen molar-refractivity contribution < 1.29 is 21.6 Å². The van der Waals surface area contributed by atoms with Crippen LogP contribution in [0.15, 0.2) is 53.4 Å². The van der Waals surface area contributed by atoms with Crippen molar-refractivity contribution >= 4 is 61.9 Å². The number of aromatic nitrogens is 4. The number of tetrazole rings is 1. The summed E-state index contributed by atoms with van der Waals surface area (Å²) >= 11 is 19.0. The lowest BCUT2D eigenvalue weighted by Crippen LogP contribution is -2.17. The second kappa shape index (κ2) is 9.34. The number of benzene rings is 2. The molecule has 0 amide bonds. The number of hydrogen-bond donors (Lipinski definition) is 1. The number of nitrogens with one attached hydrogen (secondary N) is 1. The number of hydrogen-bond acceptors (Lipinski definition) is 6. The summed E-state index contributed by atoms with van der Waals surface area (Å²) in [7, 11) is -4.39. The fraction of sp³-hybridized carbons (Fsp3) is 0.105. The molecule has 4 rings (SSSR count). The maximum Gasteiger partial charge on any atom is 0.416 e. The Hall–Kier alpha value is -2.38. The minimum atomic E-state index is -4.70. The molecule has 0 aliphatic rings. The first-order valence-corrected chi connectivity index (χ1v) is 12.6. The molecule has 34 heavy (non-hydrogen) atoms. The van der Waals surface area contributed by atoms with Crippen molar-refractivity contribution in [3.63, 3.8) is 0 Å². The normalized spacial score (nSPS) is 12.2. The molecule has 0 radical (unpaired) electrons. The lowest BCUT2D eigenvalue weighted by atomic mass is 10.1. The van der Waals surface area contributed by atoms with Gasteiger partial charge < -0.3 is 0 Å². The van der Waals surface area contributed by atoms with Crippen molar-refractivity contribution in [3.8, 4) is 10.7 Å². The van der Waals surface area contributed by atoms with Crippen molar-refractivity contribution in [1.82, 2.24) is 20.2 Å². The van der Waals surface area contributed by atoms with Crippen LogP contribution in [0.2, 0.25) is 14.4 Å². The molecule has 0 spiro atoms. The molecule has 15 heteroatoms. The van der Waals surface area contributed by atoms with Crippen LogP contribution in [0.3, 0.4) is 0 Å². The monoisotopic (exact) mass is 567 g/mol. The van der Waals surface area contributed by atoms with Gasteiger partial charge in [-0.25, -0.2) is 8.42 Å². The minimum Gasteiger partial charge on any atom is -0.279 e. The molecule has 0 atom stereocenters. The largest absolute Gasteiger partial charge is 0.416 e. The van der Waals surface area contributed by atoms with Crippen LogP contribution in [0.1, 0.15) is 11.1 Å². The van der Waals surface area contributed by atoms with Crippen LogP contribution in [-0.2, 0) is 22.7 Å². The van der Waals surface area contributed by atoms with E-state index in [1.54, 1.807) is 12.1 Å². The van der Waals surface area contributed by atoms with Crippen molar-refractivity contribution in [1.29, 1.82) is 0 Å². The molecule has 2 aromatic heterocycles. The number of halogens is 6. The Bertz CT molecular complexity index is 1470. The fourth-order valence-corrected chi connectivity index (χ4v) is 5.69. The van der Waals surface area contributed by atoms with E-state index >= 15 is 0 Å². The molecule has 178 valence electrons. The lowest BCUT2D eigenvalue weighted by molar-refractivity contribution is -0.137. The first-order chi connectivity index (χ1) is 15.9. The molecular formula is C19H11Cl3F3N5O2S2. The number of anilines is 1. The third-order valence-corrected chi connectivity index (χ3v) is 8.01. The van der Waals surface area contributed by atoms with Gasteiger partial charge in [0.15, 0.2) is 0 Å². The molecule has 1 N–H and O–H groups in total. The van der Waals surface area contributed by atoms with Gasteiger partial charge in [0.25, 0.3) is 10.0 Å². The molecule has 0 unspecified atom stereocenters. The third-order valence-electron chi connectivity index (χ3n) is 4.45. The zero-order valence-corrected chi connectivity index (χ0v) is 20.4. The summed E-state index contributed by atoms with van der Waals surface area (Å²) in [6.07, 6.45) is -4.70. The van der Waals surface area contributed by atoms with E-state index in [4.69, 9.17) is 34.8 Å². The molecule has 2 aromatic carbocycles. The number of nitrogens with zero attached hydrogens (tertiary/aromatic N) is 4. The van der Waals surface area contributed by atoms with Crippen molar-refractivity contribution in [2.45, 2.75) is 17.6 Å². The molecule has 7 nitrogen and oxygen atoms in total. The highest BCUT2D eigenvalue weighted by molar-refractivity contribution is 7.92. The molecule has 0 aliphatic heterocycles. The molecule has 4 aromatic rings. The van der Waals surface area contributed by atoms with Crippen LogP contribution in [0.4, 0.5) is 18.9 Å². The van der Waals surface area contributed by atoms with Crippen molar-refractivity contribution in [3.05, 3.63) is 74.0 Å². The summed E-state index contributed by atoms with van der Waals surface area (Å²) in [4.78, 5) is 1.37. The second-order valence-electron chi connectivity index (χ2n) is 6.77. The Morgan fingerprint density at radius 3 is 2.50 bits per heavy atom. The van der Waals surface area contributed by atoms with Gasteiger partial charge >= 0.3 is 6.18 Å². The Balaban J connectivity index is 1.71. The van der Waals surface area contributed by atoms with Gasteiger partial charge in [-0.1, -0.05) is 46.9 Å². The molecule has 0 saturated carbocycles. The number of alkyl halides is 3. The van der Waals surface area contributed by atoms with Gasteiger partial charge in [0, 0.05) is 0 Å². The van der Waals surface area contributed by atoms with Crippen LogP contribution in [0.5, 0.6) is 0 Å². The average molecular weight is 569 g/mol. The van der Waals surface area contributed by atoms with Crippen LogP contribution < -0.4 is 4.72 Å². The number of thiophene rings is 1. The van der Waals surface area contributed by atoms with Gasteiger partial charge in [0.2, 0.25) is 5.82 Å². The van der Waals surface area contributed by atoms with Crippen LogP contribution in [0, 0.1) is 0 Å². The minimum absolute atomic E-state index is 0.0261. The summed E-state index contributed by atoms with van der Waals surface area (Å²) in [6.45, 7) is -0.175. The standard InChI is InChI=1S/C19H11Cl3F3N5O2S2/c20-12-2-1-3-15(17(12)22)34(31,32)28-13-8-11(19(23,24)25)5-4-10(13)9-30-27-18(26-29-30)14-6-7-16(21)33-14/h1-8,28H,9H2. The smallest absolute Gasteiger partial charge is 0.279 e. The first-order valence-electron chi connectivity index (χ1n) is 9.14. The van der Waals surface area contributed by atoms with Gasteiger partial charge in [-0.2, -0.15) is 18.0 Å². The van der Waals surface area contributed by atoms with E-state index in [2.05, 4.69) is 20.1 Å². The number of sulfonamides is 1. The molecular weight excluding hydrogens is 558 g/mol. The van der Waals surface area contributed by atoms with Gasteiger partial charge in [-0.15, -0.1) is 21.5 Å². The highest BCUT2D eigenvalue weighted by Crippen LogP contribution is 2.35. The predicted molar refractivity (Wildman–Crippen MR) is 124 cm³/mol. The molecule has 0 bridgehead atoms. The summed E-state index contributed by atoms with van der Waals surface area (Å²) < 4.78 is 68.5. The van der Waals surface area contributed by atoms with E-state index < -0.39 is 21.8 Å². The maximum absolute atomic E-state index is 13.3. The van der Waals surface area contributed by atoms with Crippen molar-refractivity contribution in [2.24, 2.45) is 0 Å². The zero-order chi connectivity index (χ0) is 24.7. The van der Waals surface area contributed by atoms with Crippen LogP contribution >= 0.6 is 46.1 Å². The summed E-state index contributed by atoms with van der Waals surface area (Å²) in [5.41, 5.74) is -1.22. The van der Waals surface area contributed by atoms with Gasteiger partial charge in [-0.3, -0.25) is 4.72 Å². The summed E-state index contributed by atoms with van der Waals surface area (Å²) in [6, 6.07) is 9.92. The topological polar surface area (TPSA) is 89.8 Å². The zero-order valence-electron chi connectivity index (χ0n) is 16.5. The lowest BCUT2D eigenvalue weighted by Gasteiger charge is -2.16. The number of rotatable bonds is 6. The third kappa shape index (κ3) is 5.31. The molecule has 0 aliphatic carbocycles. The Morgan fingerprint density at radius 2 is 1.82 bits per heavy atom. The quantitative estimate of drug-likeness (QED) is 0.298. The predicted octanol–water partition coefficient (Wildman–Crippen LogP) is 6.23. The van der Waals surface area contributed by atoms with Crippen LogP contribution in [0.25, 0.3) is 10.7 Å². The van der Waals surface area contributed by atoms with E-state index in [0.717, 1.165) is 16.9 Å². The molecule has 0 saturated heterocycles. The maximum atomic E-state index is 13.3. The highest BCUT2D eigenvalue weighted by Gasteiger charge is 2.32. The second-order valence-corrected chi connectivity index (χ2v) is 10.9. The summed E-state index contributed by atoms with van der Waals surface area (Å²) in [5, 5.41) is 11.7. The Morgan fingerprint density at radius 1 is 1.06 bits per heavy atom. The summed E-state index contributed by atoms with van der Waals surface area (Å²) in [5.74, 6) is 0.261. The van der Waals surface area contributed by atoms with Gasteiger partial charge in [-0.05, 0) is 47.2 Å². The van der Waals surface area contributed by atoms with Crippen molar-refractivity contribution in [2.75, 3.05) is 4.72 Å². The van der Waals surface area contributed by atoms with E-state index in [0.29, 0.717) is 15.3 Å². The van der Waals surface area contributed by atoms with Gasteiger partial charge in [0.05, 0.1) is 37.1 Å². The van der Waals surface area contributed by atoms with Gasteiger partial charge in [0.1, 0.15) is 4.90 Å². The van der Waals surface area contributed by atoms with E-state index in [-0.39, 0.29) is 38.6 Å². The van der Waals surface area contributed by atoms with E-state index in [9.17, 15) is 21.6 Å². The molecule has 0 fully saturated rings. The Labute approximate surface area is 210 Å². The SMILES string of the molecule is O=S(=O)(Nc1cc(C(F)(F)F)ccc1Cn1nnc(-c2ccc(Cl)s2)n1)c1cccc(Cl)c1Cl. The first kappa shape index (κ1) is 24.7. The fourth-order valence-electron chi connectivity index (χ4n) is 2.87.